The first-order valence-corrected chi connectivity index (χ1v) is 6.32. The molecule has 0 bridgehead atoms. The Bertz CT molecular complexity index is 522. The Kier molecular flexibility index (Phi) is 2.75. The van der Waals surface area contributed by atoms with Crippen LogP contribution in [0.5, 0.6) is 0 Å². The van der Waals surface area contributed by atoms with Crippen LogP contribution in [-0.4, -0.2) is 0 Å². The molecule has 0 amide bonds. The molecular weight excluding hydrogens is 305 g/mol. The number of halogens is 1. The van der Waals surface area contributed by atoms with Crippen molar-refractivity contribution < 1.29 is 0 Å². The molecule has 0 aliphatic rings. The first-order valence-electron chi connectivity index (χ1n) is 4.36. The Morgan fingerprint density at radius 1 is 1.57 bits per heavy atom. The van der Waals surface area contributed by atoms with Crippen LogP contribution in [0, 0.1) is 14.9 Å². The van der Waals surface area contributed by atoms with Gasteiger partial charge in [-0.25, -0.2) is 0 Å². The Morgan fingerprint density at radius 2 is 2.36 bits per heavy atom. The molecule has 70 valence electrons. The van der Waals surface area contributed by atoms with Crippen molar-refractivity contribution in [3.63, 3.8) is 0 Å². The van der Waals surface area contributed by atoms with Gasteiger partial charge >= 0.3 is 0 Å². The van der Waals surface area contributed by atoms with Crippen molar-refractivity contribution in [2.24, 2.45) is 0 Å². The van der Waals surface area contributed by atoms with E-state index in [1.165, 1.54) is 15.6 Å². The highest BCUT2D eigenvalue weighted by Gasteiger charge is 2.09. The summed E-state index contributed by atoms with van der Waals surface area (Å²) < 4.78 is 2.41. The fourth-order valence-corrected chi connectivity index (χ4v) is 3.42. The van der Waals surface area contributed by atoms with Crippen molar-refractivity contribution in [2.75, 3.05) is 0 Å². The first kappa shape index (κ1) is 9.94. The zero-order valence-electron chi connectivity index (χ0n) is 7.67. The van der Waals surface area contributed by atoms with Crippen LogP contribution in [0.2, 0.25) is 0 Å². The number of benzene rings is 1. The van der Waals surface area contributed by atoms with E-state index < -0.39 is 0 Å². The van der Waals surface area contributed by atoms with Gasteiger partial charge in [-0.1, -0.05) is 6.92 Å². The van der Waals surface area contributed by atoms with Gasteiger partial charge in [0.1, 0.15) is 6.07 Å². The summed E-state index contributed by atoms with van der Waals surface area (Å²) in [7, 11) is 0. The number of hydrogen-bond donors (Lipinski definition) is 0. The van der Waals surface area contributed by atoms with E-state index in [9.17, 15) is 0 Å². The standard InChI is InChI=1S/C11H8INS/c1-2-7-5-8(6-13)10(12)9-3-4-14-11(7)9/h3-5H,2H2,1H3. The van der Waals surface area contributed by atoms with Crippen molar-refractivity contribution in [3.8, 4) is 6.07 Å². The van der Waals surface area contributed by atoms with E-state index in [4.69, 9.17) is 5.26 Å². The predicted octanol–water partition coefficient (Wildman–Crippen LogP) is 3.94. The van der Waals surface area contributed by atoms with Crippen molar-refractivity contribution in [3.05, 3.63) is 32.2 Å². The molecule has 1 nitrogen and oxygen atoms in total. The number of fused-ring (bicyclic) bond motifs is 1. The summed E-state index contributed by atoms with van der Waals surface area (Å²) in [4.78, 5) is 0. The minimum absolute atomic E-state index is 0.799. The molecule has 0 fully saturated rings. The molecule has 2 aromatic rings. The third-order valence-corrected chi connectivity index (χ3v) is 4.40. The van der Waals surface area contributed by atoms with Crippen LogP contribution >= 0.6 is 33.9 Å². The molecule has 0 aliphatic heterocycles. The van der Waals surface area contributed by atoms with Gasteiger partial charge in [-0.15, -0.1) is 11.3 Å². The maximum absolute atomic E-state index is 8.98. The van der Waals surface area contributed by atoms with Crippen LogP contribution in [0.15, 0.2) is 17.5 Å². The molecule has 0 saturated carbocycles. The summed E-state index contributed by atoms with van der Waals surface area (Å²) >= 11 is 4.01. The molecule has 0 radical (unpaired) electrons. The van der Waals surface area contributed by atoms with Gasteiger partial charge < -0.3 is 0 Å². The molecular formula is C11H8INS. The summed E-state index contributed by atoms with van der Waals surface area (Å²) in [6.45, 7) is 2.13. The Morgan fingerprint density at radius 3 is 3.00 bits per heavy atom. The molecule has 14 heavy (non-hydrogen) atoms. The van der Waals surface area contributed by atoms with Crippen molar-refractivity contribution in [2.45, 2.75) is 13.3 Å². The molecule has 3 heteroatoms. The lowest BCUT2D eigenvalue weighted by molar-refractivity contribution is 1.16. The summed E-state index contributed by atoms with van der Waals surface area (Å²) in [6.07, 6.45) is 0.989. The average Bonchev–Trinajstić information content (AvgIpc) is 2.68. The highest BCUT2D eigenvalue weighted by Crippen LogP contribution is 2.31. The first-order chi connectivity index (χ1) is 6.77. The molecule has 2 rings (SSSR count). The monoisotopic (exact) mass is 313 g/mol. The highest BCUT2D eigenvalue weighted by molar-refractivity contribution is 14.1. The van der Waals surface area contributed by atoms with E-state index in [2.05, 4.69) is 47.0 Å². The Labute approximate surface area is 101 Å². The number of nitrogens with zero attached hydrogens (tertiary/aromatic N) is 1. The Hall–Kier alpha value is -0.600. The minimum atomic E-state index is 0.799. The molecule has 0 spiro atoms. The third-order valence-electron chi connectivity index (χ3n) is 2.25. The third kappa shape index (κ3) is 1.43. The smallest absolute Gasteiger partial charge is 0.100 e. The Balaban J connectivity index is 2.89. The molecule has 0 N–H and O–H groups in total. The van der Waals surface area contributed by atoms with Crippen LogP contribution in [0.25, 0.3) is 10.1 Å². The van der Waals surface area contributed by atoms with Gasteiger partial charge in [-0.2, -0.15) is 5.26 Å². The highest BCUT2D eigenvalue weighted by atomic mass is 127. The number of thiophene rings is 1. The molecule has 0 saturated heterocycles. The van der Waals surface area contributed by atoms with Gasteiger partial charge in [0.25, 0.3) is 0 Å². The lowest BCUT2D eigenvalue weighted by Gasteiger charge is -2.03. The molecule has 1 heterocycles. The van der Waals surface area contributed by atoms with Gasteiger partial charge in [0, 0.05) is 13.7 Å². The number of rotatable bonds is 1. The van der Waals surface area contributed by atoms with Gasteiger partial charge in [0.2, 0.25) is 0 Å². The second-order valence-corrected chi connectivity index (χ2v) is 5.02. The van der Waals surface area contributed by atoms with E-state index in [0.717, 1.165) is 15.6 Å². The largest absolute Gasteiger partial charge is 0.192 e. The van der Waals surface area contributed by atoms with Gasteiger partial charge in [-0.3, -0.25) is 0 Å². The van der Waals surface area contributed by atoms with Crippen LogP contribution in [0.1, 0.15) is 18.1 Å². The van der Waals surface area contributed by atoms with Crippen LogP contribution < -0.4 is 0 Å². The number of aryl methyl sites for hydroxylation is 1. The van der Waals surface area contributed by atoms with Crippen LogP contribution in [-0.2, 0) is 6.42 Å². The lowest BCUT2D eigenvalue weighted by atomic mass is 10.1. The van der Waals surface area contributed by atoms with Crippen molar-refractivity contribution in [1.82, 2.24) is 0 Å². The van der Waals surface area contributed by atoms with E-state index in [-0.39, 0.29) is 0 Å². The zero-order valence-corrected chi connectivity index (χ0v) is 10.6. The maximum Gasteiger partial charge on any atom is 0.100 e. The fourth-order valence-electron chi connectivity index (χ4n) is 1.52. The second-order valence-electron chi connectivity index (χ2n) is 3.03. The minimum Gasteiger partial charge on any atom is -0.192 e. The van der Waals surface area contributed by atoms with Crippen molar-refractivity contribution in [1.29, 1.82) is 5.26 Å². The quantitative estimate of drug-likeness (QED) is 0.732. The summed E-state index contributed by atoms with van der Waals surface area (Å²) in [5.74, 6) is 0. The fraction of sp³-hybridized carbons (Fsp3) is 0.182. The van der Waals surface area contributed by atoms with Crippen LogP contribution in [0.3, 0.4) is 0 Å². The second kappa shape index (κ2) is 3.87. The average molecular weight is 313 g/mol. The summed E-state index contributed by atoms with van der Waals surface area (Å²) in [5.41, 5.74) is 2.08. The van der Waals surface area contributed by atoms with E-state index in [1.807, 2.05) is 6.07 Å². The van der Waals surface area contributed by atoms with Gasteiger partial charge in [0.15, 0.2) is 0 Å². The van der Waals surface area contributed by atoms with Gasteiger partial charge in [-0.05, 0) is 52.1 Å². The predicted molar refractivity (Wildman–Crippen MR) is 68.6 cm³/mol. The topological polar surface area (TPSA) is 23.8 Å². The van der Waals surface area contributed by atoms with Gasteiger partial charge in [0.05, 0.1) is 5.56 Å². The maximum atomic E-state index is 8.98. The zero-order chi connectivity index (χ0) is 10.1. The van der Waals surface area contributed by atoms with E-state index >= 15 is 0 Å². The number of nitriles is 1. The number of hydrogen-bond acceptors (Lipinski definition) is 2. The molecule has 0 unspecified atom stereocenters. The van der Waals surface area contributed by atoms with E-state index in [1.54, 1.807) is 11.3 Å². The van der Waals surface area contributed by atoms with E-state index in [0.29, 0.717) is 0 Å². The lowest BCUT2D eigenvalue weighted by Crippen LogP contribution is -1.88. The summed E-state index contributed by atoms with van der Waals surface area (Å²) in [5, 5.41) is 12.3. The molecule has 1 aromatic heterocycles. The molecule has 0 atom stereocenters. The van der Waals surface area contributed by atoms with Crippen molar-refractivity contribution >= 4 is 44.0 Å². The SMILES string of the molecule is CCc1cc(C#N)c(I)c2ccsc12. The molecule has 0 aliphatic carbocycles. The summed E-state index contributed by atoms with van der Waals surface area (Å²) in [6, 6.07) is 6.36. The van der Waals surface area contributed by atoms with Crippen LogP contribution in [0.4, 0.5) is 0 Å². The normalized spacial score (nSPS) is 10.4. The molecule has 1 aromatic carbocycles.